The number of benzene rings is 1. The van der Waals surface area contributed by atoms with Crippen LogP contribution in [0, 0.1) is 5.82 Å². The first-order valence-electron chi connectivity index (χ1n) is 6.41. The summed E-state index contributed by atoms with van der Waals surface area (Å²) >= 11 is 0. The van der Waals surface area contributed by atoms with Crippen LogP contribution in [0.4, 0.5) is 4.39 Å². The minimum absolute atomic E-state index is 0.255. The van der Waals surface area contributed by atoms with Crippen molar-refractivity contribution in [2.45, 2.75) is 31.7 Å². The fourth-order valence-corrected chi connectivity index (χ4v) is 2.40. The van der Waals surface area contributed by atoms with Crippen molar-refractivity contribution in [1.29, 1.82) is 0 Å². The lowest BCUT2D eigenvalue weighted by Crippen LogP contribution is -2.17. The quantitative estimate of drug-likeness (QED) is 0.793. The Hall–Kier alpha value is -2.04. The number of rotatable bonds is 4. The highest BCUT2D eigenvalue weighted by molar-refractivity contribution is 5.73. The highest BCUT2D eigenvalue weighted by atomic mass is 19.1. The van der Waals surface area contributed by atoms with Crippen LogP contribution in [0.15, 0.2) is 24.3 Å². The van der Waals surface area contributed by atoms with Gasteiger partial charge in [-0.05, 0) is 30.5 Å². The summed E-state index contributed by atoms with van der Waals surface area (Å²) in [6.07, 6.45) is 4.11. The van der Waals surface area contributed by atoms with Crippen LogP contribution >= 0.6 is 0 Å². The second-order valence-electron chi connectivity index (χ2n) is 4.89. The minimum Gasteiger partial charge on any atom is -0.296 e. The number of carbonyl (C=O) groups excluding carboxylic acids is 1. The average molecular weight is 259 g/mol. The molecule has 0 amide bonds. The van der Waals surface area contributed by atoms with Crippen molar-refractivity contribution in [1.82, 2.24) is 15.0 Å². The van der Waals surface area contributed by atoms with Gasteiger partial charge in [-0.3, -0.25) is 4.79 Å². The number of hydrogen-bond donors (Lipinski definition) is 0. The Kier molecular flexibility index (Phi) is 3.11. The van der Waals surface area contributed by atoms with E-state index in [0.29, 0.717) is 18.2 Å². The van der Waals surface area contributed by atoms with E-state index in [1.54, 1.807) is 16.8 Å². The van der Waals surface area contributed by atoms with Crippen LogP contribution in [0.5, 0.6) is 0 Å². The Labute approximate surface area is 110 Å². The van der Waals surface area contributed by atoms with E-state index in [1.165, 1.54) is 18.6 Å². The number of halogens is 1. The highest BCUT2D eigenvalue weighted by Crippen LogP contribution is 2.37. The fourth-order valence-electron chi connectivity index (χ4n) is 2.40. The molecule has 0 spiro atoms. The summed E-state index contributed by atoms with van der Waals surface area (Å²) in [4.78, 5) is 11.0. The molecule has 0 bridgehead atoms. The van der Waals surface area contributed by atoms with Crippen LogP contribution in [-0.2, 0) is 6.54 Å². The van der Waals surface area contributed by atoms with Gasteiger partial charge in [-0.1, -0.05) is 23.8 Å². The zero-order valence-electron chi connectivity index (χ0n) is 10.4. The number of hydrogen-bond acceptors (Lipinski definition) is 3. The van der Waals surface area contributed by atoms with E-state index >= 15 is 0 Å². The molecule has 98 valence electrons. The summed E-state index contributed by atoms with van der Waals surface area (Å²) < 4.78 is 14.6. The first kappa shape index (κ1) is 12.0. The summed E-state index contributed by atoms with van der Waals surface area (Å²) in [5.41, 5.74) is 2.31. The summed E-state index contributed by atoms with van der Waals surface area (Å²) in [5.74, 6) is 0.130. The minimum atomic E-state index is -0.255. The van der Waals surface area contributed by atoms with Gasteiger partial charge in [0.2, 0.25) is 0 Å². The molecule has 1 fully saturated rings. The monoisotopic (exact) mass is 259 g/mol. The van der Waals surface area contributed by atoms with Gasteiger partial charge in [0.05, 0.1) is 12.2 Å². The zero-order valence-corrected chi connectivity index (χ0v) is 10.4. The smallest absolute Gasteiger partial charge is 0.172 e. The van der Waals surface area contributed by atoms with Crippen LogP contribution in [0.1, 0.15) is 46.9 Å². The van der Waals surface area contributed by atoms with E-state index < -0.39 is 0 Å². The van der Waals surface area contributed by atoms with E-state index in [4.69, 9.17) is 0 Å². The van der Waals surface area contributed by atoms with E-state index in [2.05, 4.69) is 10.3 Å². The van der Waals surface area contributed by atoms with Crippen molar-refractivity contribution in [3.05, 3.63) is 47.0 Å². The zero-order chi connectivity index (χ0) is 13.2. The molecule has 1 aliphatic rings. The van der Waals surface area contributed by atoms with Crippen molar-refractivity contribution in [2.24, 2.45) is 0 Å². The fraction of sp³-hybridized carbons (Fsp3) is 0.357. The van der Waals surface area contributed by atoms with Gasteiger partial charge in [0.25, 0.3) is 0 Å². The molecule has 5 heteroatoms. The van der Waals surface area contributed by atoms with Crippen molar-refractivity contribution in [3.8, 4) is 0 Å². The van der Waals surface area contributed by atoms with E-state index in [1.807, 2.05) is 0 Å². The van der Waals surface area contributed by atoms with Crippen LogP contribution in [0.2, 0.25) is 0 Å². The third kappa shape index (κ3) is 2.28. The molecule has 1 aliphatic carbocycles. The number of nitrogens with zero attached hydrogens (tertiary/aromatic N) is 3. The van der Waals surface area contributed by atoms with E-state index in [9.17, 15) is 9.18 Å². The second kappa shape index (κ2) is 4.91. The highest BCUT2D eigenvalue weighted by Gasteiger charge is 2.27. The van der Waals surface area contributed by atoms with Crippen molar-refractivity contribution in [3.63, 3.8) is 0 Å². The Morgan fingerprint density at radius 3 is 2.63 bits per heavy atom. The largest absolute Gasteiger partial charge is 0.296 e. The molecular weight excluding hydrogens is 245 g/mol. The molecule has 19 heavy (non-hydrogen) atoms. The van der Waals surface area contributed by atoms with Crippen LogP contribution in [0.25, 0.3) is 0 Å². The molecule has 0 N–H and O–H groups in total. The summed E-state index contributed by atoms with van der Waals surface area (Å²) in [6.45, 7) is 0.521. The van der Waals surface area contributed by atoms with Gasteiger partial charge in [0.1, 0.15) is 11.5 Å². The first-order chi connectivity index (χ1) is 9.28. The van der Waals surface area contributed by atoms with Gasteiger partial charge in [-0.2, -0.15) is 0 Å². The number of aldehydes is 1. The molecule has 1 aromatic carbocycles. The number of carbonyl (C=O) groups is 1. The van der Waals surface area contributed by atoms with Gasteiger partial charge in [0.15, 0.2) is 6.29 Å². The predicted octanol–water partition coefficient (Wildman–Crippen LogP) is 2.55. The molecule has 1 heterocycles. The lowest BCUT2D eigenvalue weighted by atomic mass is 9.82. The lowest BCUT2D eigenvalue weighted by Gasteiger charge is -2.26. The SMILES string of the molecule is O=Cc1nnn(Cc2ccc(F)cc2)c1C1CCC1. The normalized spacial score (nSPS) is 15.2. The lowest BCUT2D eigenvalue weighted by molar-refractivity contribution is 0.111. The molecule has 3 rings (SSSR count). The molecule has 4 nitrogen and oxygen atoms in total. The molecule has 2 aromatic rings. The topological polar surface area (TPSA) is 47.8 Å². The van der Waals surface area contributed by atoms with Crippen LogP contribution in [-0.4, -0.2) is 21.3 Å². The van der Waals surface area contributed by atoms with Gasteiger partial charge in [-0.15, -0.1) is 5.10 Å². The molecule has 0 aliphatic heterocycles. The summed E-state index contributed by atoms with van der Waals surface area (Å²) in [7, 11) is 0. The maximum absolute atomic E-state index is 12.9. The van der Waals surface area contributed by atoms with E-state index in [0.717, 1.165) is 30.4 Å². The third-order valence-corrected chi connectivity index (χ3v) is 3.65. The van der Waals surface area contributed by atoms with Crippen molar-refractivity contribution < 1.29 is 9.18 Å². The molecule has 0 unspecified atom stereocenters. The molecule has 1 saturated carbocycles. The van der Waals surface area contributed by atoms with Crippen molar-refractivity contribution in [2.75, 3.05) is 0 Å². The summed E-state index contributed by atoms with van der Waals surface area (Å²) in [6, 6.07) is 6.30. The molecule has 1 aromatic heterocycles. The maximum Gasteiger partial charge on any atom is 0.172 e. The Morgan fingerprint density at radius 1 is 1.32 bits per heavy atom. The Bertz CT molecular complexity index is 587. The maximum atomic E-state index is 12.9. The Morgan fingerprint density at radius 2 is 2.05 bits per heavy atom. The van der Waals surface area contributed by atoms with Crippen LogP contribution in [0.3, 0.4) is 0 Å². The van der Waals surface area contributed by atoms with Gasteiger partial charge in [-0.25, -0.2) is 9.07 Å². The molecule has 0 radical (unpaired) electrons. The van der Waals surface area contributed by atoms with Crippen molar-refractivity contribution >= 4 is 6.29 Å². The Balaban J connectivity index is 1.89. The predicted molar refractivity (Wildman–Crippen MR) is 67.5 cm³/mol. The molecule has 0 atom stereocenters. The third-order valence-electron chi connectivity index (χ3n) is 3.65. The number of aromatic nitrogens is 3. The summed E-state index contributed by atoms with van der Waals surface area (Å²) in [5, 5.41) is 7.97. The van der Waals surface area contributed by atoms with Gasteiger partial charge >= 0.3 is 0 Å². The standard InChI is InChI=1S/C14H14FN3O/c15-12-6-4-10(5-7-12)8-18-14(11-2-1-3-11)13(9-19)16-17-18/h4-7,9,11H,1-3,8H2. The van der Waals surface area contributed by atoms with E-state index in [-0.39, 0.29) is 5.82 Å². The van der Waals surface area contributed by atoms with Gasteiger partial charge in [0, 0.05) is 5.92 Å². The first-order valence-corrected chi connectivity index (χ1v) is 6.41. The molecule has 0 saturated heterocycles. The second-order valence-corrected chi connectivity index (χ2v) is 4.89. The average Bonchev–Trinajstić information content (AvgIpc) is 2.73. The van der Waals surface area contributed by atoms with Gasteiger partial charge < -0.3 is 0 Å². The molecular formula is C14H14FN3O. The van der Waals surface area contributed by atoms with Crippen LogP contribution < -0.4 is 0 Å².